The van der Waals surface area contributed by atoms with Gasteiger partial charge in [0.05, 0.1) is 0 Å². The van der Waals surface area contributed by atoms with Gasteiger partial charge in [-0.15, -0.1) is 0 Å². The topological polar surface area (TPSA) is 15.6 Å². The van der Waals surface area contributed by atoms with Crippen LogP contribution in [0, 0.1) is 5.41 Å². The average molecular weight is 196 g/mol. The SMILES string of the molecule is C=NCCC1(CCC)CCN(C)CC1. The Bertz CT molecular complexity index is 169. The fourth-order valence-corrected chi connectivity index (χ4v) is 2.56. The Labute approximate surface area is 88.4 Å². The second-order valence-electron chi connectivity index (χ2n) is 4.75. The van der Waals surface area contributed by atoms with Crippen LogP contribution in [0.25, 0.3) is 0 Å². The highest BCUT2D eigenvalue weighted by Crippen LogP contribution is 2.38. The second kappa shape index (κ2) is 5.50. The number of hydrogen-bond acceptors (Lipinski definition) is 2. The summed E-state index contributed by atoms with van der Waals surface area (Å²) >= 11 is 0. The van der Waals surface area contributed by atoms with Crippen LogP contribution in [0.1, 0.15) is 39.0 Å². The van der Waals surface area contributed by atoms with E-state index in [9.17, 15) is 0 Å². The first-order valence-corrected chi connectivity index (χ1v) is 5.83. The molecular formula is C12H24N2. The van der Waals surface area contributed by atoms with E-state index in [4.69, 9.17) is 0 Å². The van der Waals surface area contributed by atoms with E-state index < -0.39 is 0 Å². The predicted octanol–water partition coefficient (Wildman–Crippen LogP) is 2.59. The van der Waals surface area contributed by atoms with Crippen molar-refractivity contribution in [2.24, 2.45) is 10.4 Å². The predicted molar refractivity (Wildman–Crippen MR) is 63.1 cm³/mol. The molecule has 1 rings (SSSR count). The van der Waals surface area contributed by atoms with Gasteiger partial charge in [0.1, 0.15) is 0 Å². The molecule has 0 aromatic heterocycles. The Hall–Kier alpha value is -0.370. The Kier molecular flexibility index (Phi) is 4.59. The van der Waals surface area contributed by atoms with Crippen molar-refractivity contribution < 1.29 is 0 Å². The Morgan fingerprint density at radius 3 is 2.43 bits per heavy atom. The van der Waals surface area contributed by atoms with Crippen molar-refractivity contribution in [3.8, 4) is 0 Å². The van der Waals surface area contributed by atoms with E-state index >= 15 is 0 Å². The molecule has 0 N–H and O–H groups in total. The molecule has 82 valence electrons. The number of aliphatic imine (C=N–C) groups is 1. The molecule has 14 heavy (non-hydrogen) atoms. The minimum atomic E-state index is 0.586. The lowest BCUT2D eigenvalue weighted by Gasteiger charge is -2.40. The van der Waals surface area contributed by atoms with Crippen molar-refractivity contribution in [2.75, 3.05) is 26.7 Å². The number of hydrogen-bond donors (Lipinski definition) is 0. The van der Waals surface area contributed by atoms with Crippen LogP contribution >= 0.6 is 0 Å². The van der Waals surface area contributed by atoms with E-state index in [1.165, 1.54) is 45.2 Å². The van der Waals surface area contributed by atoms with E-state index in [1.54, 1.807) is 0 Å². The van der Waals surface area contributed by atoms with E-state index in [2.05, 4.69) is 30.6 Å². The lowest BCUT2D eigenvalue weighted by atomic mass is 9.72. The molecule has 1 saturated heterocycles. The summed E-state index contributed by atoms with van der Waals surface area (Å²) in [5, 5.41) is 0. The van der Waals surface area contributed by atoms with Gasteiger partial charge in [-0.2, -0.15) is 0 Å². The molecule has 0 saturated carbocycles. The van der Waals surface area contributed by atoms with Crippen LogP contribution < -0.4 is 0 Å². The van der Waals surface area contributed by atoms with Crippen molar-refractivity contribution in [3.63, 3.8) is 0 Å². The summed E-state index contributed by atoms with van der Waals surface area (Å²) in [6.45, 7) is 9.35. The van der Waals surface area contributed by atoms with Crippen molar-refractivity contribution >= 4 is 6.72 Å². The summed E-state index contributed by atoms with van der Waals surface area (Å²) < 4.78 is 0. The molecule has 0 atom stereocenters. The normalized spacial score (nSPS) is 22.1. The van der Waals surface area contributed by atoms with Crippen LogP contribution in [0.15, 0.2) is 4.99 Å². The first-order valence-electron chi connectivity index (χ1n) is 5.83. The minimum Gasteiger partial charge on any atom is -0.306 e. The molecular weight excluding hydrogens is 172 g/mol. The van der Waals surface area contributed by atoms with Crippen LogP contribution in [-0.2, 0) is 0 Å². The molecule has 0 bridgehead atoms. The van der Waals surface area contributed by atoms with Gasteiger partial charge in [0, 0.05) is 6.54 Å². The first-order chi connectivity index (χ1) is 6.72. The smallest absolute Gasteiger partial charge is 0.0387 e. The summed E-state index contributed by atoms with van der Waals surface area (Å²) in [5.74, 6) is 0. The molecule has 0 unspecified atom stereocenters. The maximum atomic E-state index is 4.01. The molecule has 1 fully saturated rings. The standard InChI is InChI=1S/C12H24N2/c1-4-5-12(6-9-13-2)7-10-14(3)11-8-12/h2,4-11H2,1,3H3. The monoisotopic (exact) mass is 196 g/mol. The molecule has 0 spiro atoms. The van der Waals surface area contributed by atoms with E-state index in [0.717, 1.165) is 6.54 Å². The molecule has 0 amide bonds. The zero-order chi connectivity index (χ0) is 10.4. The lowest BCUT2D eigenvalue weighted by molar-refractivity contribution is 0.104. The van der Waals surface area contributed by atoms with Gasteiger partial charge in [-0.1, -0.05) is 13.3 Å². The van der Waals surface area contributed by atoms with Crippen LogP contribution in [-0.4, -0.2) is 38.3 Å². The zero-order valence-corrected chi connectivity index (χ0v) is 9.76. The molecule has 0 radical (unpaired) electrons. The van der Waals surface area contributed by atoms with Gasteiger partial charge in [0.2, 0.25) is 0 Å². The summed E-state index contributed by atoms with van der Waals surface area (Å²) in [7, 11) is 2.22. The van der Waals surface area contributed by atoms with Crippen molar-refractivity contribution in [2.45, 2.75) is 39.0 Å². The van der Waals surface area contributed by atoms with Crippen molar-refractivity contribution in [1.82, 2.24) is 4.90 Å². The Morgan fingerprint density at radius 1 is 1.29 bits per heavy atom. The third-order valence-electron chi connectivity index (χ3n) is 3.63. The molecule has 0 aliphatic carbocycles. The van der Waals surface area contributed by atoms with Gasteiger partial charge in [0.25, 0.3) is 0 Å². The van der Waals surface area contributed by atoms with Crippen molar-refractivity contribution in [3.05, 3.63) is 0 Å². The summed E-state index contributed by atoms with van der Waals surface area (Å²) in [6.07, 6.45) is 6.63. The molecule has 0 aromatic carbocycles. The second-order valence-corrected chi connectivity index (χ2v) is 4.75. The summed E-state index contributed by atoms with van der Waals surface area (Å²) in [4.78, 5) is 6.45. The molecule has 2 nitrogen and oxygen atoms in total. The number of nitrogens with zero attached hydrogens (tertiary/aromatic N) is 2. The largest absolute Gasteiger partial charge is 0.306 e. The van der Waals surface area contributed by atoms with Crippen LogP contribution in [0.5, 0.6) is 0 Å². The van der Waals surface area contributed by atoms with Gasteiger partial charge in [-0.05, 0) is 58.0 Å². The van der Waals surface area contributed by atoms with E-state index in [1.807, 2.05) is 0 Å². The average Bonchev–Trinajstić information content (AvgIpc) is 2.20. The molecule has 1 aliphatic heterocycles. The first kappa shape index (κ1) is 11.7. The summed E-state index contributed by atoms with van der Waals surface area (Å²) in [5.41, 5.74) is 0.586. The number of piperidine rings is 1. The van der Waals surface area contributed by atoms with Gasteiger partial charge >= 0.3 is 0 Å². The van der Waals surface area contributed by atoms with Gasteiger partial charge in [-0.25, -0.2) is 0 Å². The molecule has 1 aliphatic rings. The highest BCUT2D eigenvalue weighted by atomic mass is 15.1. The minimum absolute atomic E-state index is 0.586. The van der Waals surface area contributed by atoms with Gasteiger partial charge in [-0.3, -0.25) is 0 Å². The Morgan fingerprint density at radius 2 is 1.93 bits per heavy atom. The maximum Gasteiger partial charge on any atom is 0.0387 e. The van der Waals surface area contributed by atoms with Gasteiger partial charge in [0.15, 0.2) is 0 Å². The molecule has 1 heterocycles. The van der Waals surface area contributed by atoms with Crippen molar-refractivity contribution in [1.29, 1.82) is 0 Å². The Balaban J connectivity index is 2.48. The number of likely N-dealkylation sites (tertiary alicyclic amines) is 1. The fourth-order valence-electron chi connectivity index (χ4n) is 2.56. The quantitative estimate of drug-likeness (QED) is 0.617. The lowest BCUT2D eigenvalue weighted by Crippen LogP contribution is -2.38. The molecule has 0 aromatic rings. The van der Waals surface area contributed by atoms with E-state index in [-0.39, 0.29) is 0 Å². The zero-order valence-electron chi connectivity index (χ0n) is 9.76. The molecule has 2 heteroatoms. The third-order valence-corrected chi connectivity index (χ3v) is 3.63. The number of rotatable bonds is 5. The highest BCUT2D eigenvalue weighted by Gasteiger charge is 2.31. The third kappa shape index (κ3) is 3.09. The van der Waals surface area contributed by atoms with Crippen LogP contribution in [0.4, 0.5) is 0 Å². The van der Waals surface area contributed by atoms with Crippen LogP contribution in [0.2, 0.25) is 0 Å². The van der Waals surface area contributed by atoms with E-state index in [0.29, 0.717) is 5.41 Å². The van der Waals surface area contributed by atoms with Gasteiger partial charge < -0.3 is 9.89 Å². The summed E-state index contributed by atoms with van der Waals surface area (Å²) in [6, 6.07) is 0. The maximum absolute atomic E-state index is 4.01. The highest BCUT2D eigenvalue weighted by molar-refractivity contribution is 5.23. The fraction of sp³-hybridized carbons (Fsp3) is 0.917. The van der Waals surface area contributed by atoms with Crippen LogP contribution in [0.3, 0.4) is 0 Å².